The maximum Gasteiger partial charge on any atom is -0.147 e. The van der Waals surface area contributed by atoms with Gasteiger partial charge in [-0.2, -0.15) is 0 Å². The molecule has 0 amide bonds. The maximum absolute atomic E-state index is 5.03. The Labute approximate surface area is 78.8 Å². The Bertz CT molecular complexity index is 43.8. The van der Waals surface area contributed by atoms with Crippen LogP contribution in [0.4, 0.5) is 0 Å². The van der Waals surface area contributed by atoms with E-state index >= 15 is 0 Å². The molecule has 0 heterocycles. The topological polar surface area (TPSA) is 9.23 Å². The molecule has 0 aromatic heterocycles. The normalized spacial score (nSPS) is 8.75. The summed E-state index contributed by atoms with van der Waals surface area (Å²) < 4.78 is 5.03. The molecule has 0 atom stereocenters. The van der Waals surface area contributed by atoms with Crippen LogP contribution in [-0.2, 0) is 28.0 Å². The van der Waals surface area contributed by atoms with Crippen LogP contribution in [0.5, 0.6) is 0 Å². The van der Waals surface area contributed by atoms with Crippen LogP contribution in [-0.4, -0.2) is 5.60 Å². The van der Waals surface area contributed by atoms with Crippen molar-refractivity contribution in [3.05, 3.63) is 0 Å². The predicted octanol–water partition coefficient (Wildman–Crippen LogP) is 2.11. The fraction of sp³-hybridized carbons (Fsp3) is 1.00. The Morgan fingerprint density at radius 2 is 1.25 bits per heavy atom. The summed E-state index contributed by atoms with van der Waals surface area (Å²) in [6, 6.07) is 0. The zero-order valence-corrected chi connectivity index (χ0v) is 9.32. The molecule has 0 unspecified atom stereocenters. The Morgan fingerprint density at radius 1 is 1.12 bits per heavy atom. The van der Waals surface area contributed by atoms with E-state index in [1.54, 1.807) is 0 Å². The molecule has 0 radical (unpaired) electrons. The SMILES string of the molecule is CC(C)(C)[O][Zr].Cl.Cl. The van der Waals surface area contributed by atoms with E-state index < -0.39 is 0 Å². The number of rotatable bonds is 0. The fourth-order valence-electron chi connectivity index (χ4n) is 0. The molecule has 0 aromatic carbocycles. The maximum atomic E-state index is 5.03. The Kier molecular flexibility index (Phi) is 13.3. The Morgan fingerprint density at radius 3 is 1.25 bits per heavy atom. The Hall–Kier alpha value is 1.42. The van der Waals surface area contributed by atoms with E-state index in [1.807, 2.05) is 20.8 Å². The van der Waals surface area contributed by atoms with Crippen molar-refractivity contribution in [2.24, 2.45) is 0 Å². The van der Waals surface area contributed by atoms with Crippen molar-refractivity contribution in [1.29, 1.82) is 0 Å². The molecular formula is C4H11Cl2OZr. The van der Waals surface area contributed by atoms with Crippen LogP contribution in [0.15, 0.2) is 0 Å². The molecule has 4 heteroatoms. The quantitative estimate of drug-likeness (QED) is 0.627. The monoisotopic (exact) mass is 235 g/mol. The van der Waals surface area contributed by atoms with Gasteiger partial charge >= 0.3 is 54.3 Å². The van der Waals surface area contributed by atoms with Crippen LogP contribution in [0.25, 0.3) is 0 Å². The van der Waals surface area contributed by atoms with E-state index in [2.05, 4.69) is 0 Å². The second kappa shape index (κ2) is 6.54. The standard InChI is InChI=1S/C4H9O.2ClH.Zr/c1-4(2,3)5;;;/h1-3H3;2*1H;/q-1;;;+1. The van der Waals surface area contributed by atoms with Crippen molar-refractivity contribution in [3.8, 4) is 0 Å². The van der Waals surface area contributed by atoms with Gasteiger partial charge in [0.1, 0.15) is 0 Å². The minimum atomic E-state index is 0. The van der Waals surface area contributed by atoms with Crippen molar-refractivity contribution < 1.29 is 28.0 Å². The largest absolute Gasteiger partial charge is 0.147 e. The average molecular weight is 237 g/mol. The van der Waals surface area contributed by atoms with Gasteiger partial charge in [-0.1, -0.05) is 0 Å². The van der Waals surface area contributed by atoms with E-state index in [0.717, 1.165) is 25.2 Å². The first kappa shape index (κ1) is 16.2. The van der Waals surface area contributed by atoms with Crippen molar-refractivity contribution in [2.75, 3.05) is 0 Å². The van der Waals surface area contributed by atoms with Gasteiger partial charge in [-0.3, -0.25) is 0 Å². The number of hydrogen-bond donors (Lipinski definition) is 0. The Balaban J connectivity index is -0.000000125. The summed E-state index contributed by atoms with van der Waals surface area (Å²) >= 11 is 1.15. The molecular weight excluding hydrogens is 226 g/mol. The number of halogens is 2. The van der Waals surface area contributed by atoms with Gasteiger partial charge in [0.25, 0.3) is 0 Å². The van der Waals surface area contributed by atoms with Crippen molar-refractivity contribution in [3.63, 3.8) is 0 Å². The van der Waals surface area contributed by atoms with Crippen LogP contribution in [0.3, 0.4) is 0 Å². The molecule has 0 rings (SSSR count). The van der Waals surface area contributed by atoms with E-state index in [1.165, 1.54) is 0 Å². The van der Waals surface area contributed by atoms with E-state index in [4.69, 9.17) is 2.81 Å². The summed E-state index contributed by atoms with van der Waals surface area (Å²) in [5, 5.41) is 0. The second-order valence-corrected chi connectivity index (χ2v) is 2.72. The van der Waals surface area contributed by atoms with E-state index in [-0.39, 0.29) is 30.4 Å². The summed E-state index contributed by atoms with van der Waals surface area (Å²) in [6.07, 6.45) is 0. The molecule has 0 aromatic rings. The molecule has 0 N–H and O–H groups in total. The molecule has 0 aliphatic rings. The molecule has 8 heavy (non-hydrogen) atoms. The summed E-state index contributed by atoms with van der Waals surface area (Å²) in [7, 11) is 0. The molecule has 0 bridgehead atoms. The average Bonchev–Trinajstić information content (AvgIpc) is 1.35. The predicted molar refractivity (Wildman–Crippen MR) is 35.3 cm³/mol. The first-order chi connectivity index (χ1) is 2.56. The van der Waals surface area contributed by atoms with Crippen LogP contribution in [0.2, 0.25) is 0 Å². The molecule has 51 valence electrons. The van der Waals surface area contributed by atoms with Crippen LogP contribution >= 0.6 is 24.8 Å². The van der Waals surface area contributed by atoms with Crippen molar-refractivity contribution >= 4 is 24.8 Å². The zero-order chi connectivity index (χ0) is 5.21. The second-order valence-electron chi connectivity index (χ2n) is 2.21. The van der Waals surface area contributed by atoms with E-state index in [9.17, 15) is 0 Å². The van der Waals surface area contributed by atoms with Gasteiger partial charge < -0.3 is 0 Å². The van der Waals surface area contributed by atoms with Crippen LogP contribution in [0.1, 0.15) is 20.8 Å². The summed E-state index contributed by atoms with van der Waals surface area (Å²) in [5.41, 5.74) is 0.0817. The first-order valence-corrected chi connectivity index (χ1v) is 2.91. The van der Waals surface area contributed by atoms with Gasteiger partial charge in [-0.05, 0) is 0 Å². The van der Waals surface area contributed by atoms with Gasteiger partial charge in [0, 0.05) is 0 Å². The van der Waals surface area contributed by atoms with E-state index in [0.29, 0.717) is 0 Å². The summed E-state index contributed by atoms with van der Waals surface area (Å²) in [4.78, 5) is 0. The third kappa shape index (κ3) is 15.7. The smallest absolute Gasteiger partial charge is 0.147 e. The summed E-state index contributed by atoms with van der Waals surface area (Å²) in [6.45, 7) is 6.13. The van der Waals surface area contributed by atoms with Gasteiger partial charge in [0.15, 0.2) is 0 Å². The molecule has 0 aliphatic heterocycles. The van der Waals surface area contributed by atoms with Crippen molar-refractivity contribution in [1.82, 2.24) is 0 Å². The van der Waals surface area contributed by atoms with Crippen LogP contribution < -0.4 is 0 Å². The third-order valence-electron chi connectivity index (χ3n) is 0.306. The third-order valence-corrected chi connectivity index (χ3v) is 1.81. The van der Waals surface area contributed by atoms with Gasteiger partial charge in [-0.25, -0.2) is 0 Å². The van der Waals surface area contributed by atoms with Gasteiger partial charge in [0.2, 0.25) is 0 Å². The van der Waals surface area contributed by atoms with Gasteiger partial charge in [-0.15, -0.1) is 24.8 Å². The van der Waals surface area contributed by atoms with Crippen LogP contribution in [0, 0.1) is 0 Å². The molecule has 0 fully saturated rings. The molecule has 0 saturated heterocycles. The van der Waals surface area contributed by atoms with Crippen molar-refractivity contribution in [2.45, 2.75) is 26.4 Å². The molecule has 0 saturated carbocycles. The molecule has 1 nitrogen and oxygen atoms in total. The number of hydrogen-bond acceptors (Lipinski definition) is 1. The first-order valence-electron chi connectivity index (χ1n) is 1.91. The van der Waals surface area contributed by atoms with Gasteiger partial charge in [0.05, 0.1) is 0 Å². The minimum Gasteiger partial charge on any atom is -0.147 e. The minimum absolute atomic E-state index is 0. The fourth-order valence-corrected chi connectivity index (χ4v) is 0. The molecule has 0 aliphatic carbocycles. The summed E-state index contributed by atoms with van der Waals surface area (Å²) in [5.74, 6) is 0. The zero-order valence-electron chi connectivity index (χ0n) is 5.22. The molecule has 0 spiro atoms.